The summed E-state index contributed by atoms with van der Waals surface area (Å²) in [4.78, 5) is 18.0. The van der Waals surface area contributed by atoms with Gasteiger partial charge < -0.3 is 15.2 Å². The number of aromatic hydroxyl groups is 1. The van der Waals surface area contributed by atoms with E-state index < -0.39 is 0 Å². The molecule has 222 valence electrons. The third-order valence-electron chi connectivity index (χ3n) is 8.88. The quantitative estimate of drug-likeness (QED) is 0.217. The third-order valence-corrected chi connectivity index (χ3v) is 9.46. The van der Waals surface area contributed by atoms with Gasteiger partial charge in [-0.05, 0) is 92.3 Å². The van der Waals surface area contributed by atoms with E-state index in [-0.39, 0.29) is 34.7 Å². The minimum Gasteiger partial charge on any atom is -0.507 e. The van der Waals surface area contributed by atoms with Gasteiger partial charge in [0.1, 0.15) is 11.4 Å². The number of aromatic nitrogens is 1. The van der Waals surface area contributed by atoms with E-state index in [1.54, 1.807) is 18.2 Å². The van der Waals surface area contributed by atoms with Gasteiger partial charge in [0.15, 0.2) is 0 Å². The Bertz CT molecular complexity index is 1620. The number of nitrogens with one attached hydrogen (secondary N) is 1. The zero-order valence-electron chi connectivity index (χ0n) is 24.3. The fourth-order valence-electron chi connectivity index (χ4n) is 6.71. The predicted molar refractivity (Wildman–Crippen MR) is 173 cm³/mol. The molecule has 1 amide bonds. The minimum atomic E-state index is -0.267. The largest absolute Gasteiger partial charge is 0.507 e. The first kappa shape index (κ1) is 29.5. The number of phenols is 1. The molecule has 2 heterocycles. The van der Waals surface area contributed by atoms with Crippen LogP contribution in [-0.4, -0.2) is 28.1 Å². The van der Waals surface area contributed by atoms with E-state index in [0.717, 1.165) is 66.5 Å². The number of nitrogens with zero attached hydrogens (tertiary/aromatic N) is 1. The van der Waals surface area contributed by atoms with E-state index in [2.05, 4.69) is 18.3 Å². The van der Waals surface area contributed by atoms with Gasteiger partial charge >= 0.3 is 0 Å². The van der Waals surface area contributed by atoms with Crippen molar-refractivity contribution >= 4 is 29.1 Å². The average Bonchev–Trinajstić information content (AvgIpc) is 3.01. The number of hydrogen-bond acceptors (Lipinski definition) is 4. The van der Waals surface area contributed by atoms with Gasteiger partial charge in [0.2, 0.25) is 5.88 Å². The first-order chi connectivity index (χ1) is 20.8. The molecule has 1 saturated carbocycles. The van der Waals surface area contributed by atoms with Gasteiger partial charge in [-0.3, -0.25) is 4.79 Å². The molecule has 1 fully saturated rings. The van der Waals surface area contributed by atoms with Crippen molar-refractivity contribution in [3.63, 3.8) is 0 Å². The van der Waals surface area contributed by atoms with Gasteiger partial charge in [0.25, 0.3) is 5.91 Å². The summed E-state index contributed by atoms with van der Waals surface area (Å²) in [7, 11) is 0. The Morgan fingerprint density at radius 2 is 1.72 bits per heavy atom. The van der Waals surface area contributed by atoms with E-state index in [1.807, 2.05) is 48.5 Å². The highest BCUT2D eigenvalue weighted by Crippen LogP contribution is 2.50. The standard InChI is InChI=1S/C36H36Cl2N2O3/c1-23(22-39-34(42)28-10-4-6-12-32(28)41)19-25-21-36(17-7-2-8-18-36)43-35-30(25)20-29(24-13-15-26(37)16-14-24)33(40-35)27-9-3-5-11-31(27)38/h3-6,9-16,20,23,25,41H,2,7-8,17-19,21-22H2,1H3,(H,39,42). The molecular formula is C36H36Cl2N2O3. The molecule has 0 saturated heterocycles. The second-order valence-electron chi connectivity index (χ2n) is 12.1. The highest BCUT2D eigenvalue weighted by atomic mass is 35.5. The Balaban J connectivity index is 1.36. The van der Waals surface area contributed by atoms with Crippen LogP contribution in [0.5, 0.6) is 11.6 Å². The Labute approximate surface area is 263 Å². The number of halogens is 2. The molecule has 43 heavy (non-hydrogen) atoms. The van der Waals surface area contributed by atoms with Crippen molar-refractivity contribution < 1.29 is 14.6 Å². The summed E-state index contributed by atoms with van der Waals surface area (Å²) in [5.41, 5.74) is 4.79. The van der Waals surface area contributed by atoms with Gasteiger partial charge in [-0.15, -0.1) is 0 Å². The molecule has 5 nitrogen and oxygen atoms in total. The van der Waals surface area contributed by atoms with Crippen molar-refractivity contribution in [1.29, 1.82) is 0 Å². The lowest BCUT2D eigenvalue weighted by atomic mass is 9.72. The lowest BCUT2D eigenvalue weighted by molar-refractivity contribution is -0.00537. The molecule has 1 aromatic heterocycles. The van der Waals surface area contributed by atoms with Gasteiger partial charge in [0, 0.05) is 33.3 Å². The smallest absolute Gasteiger partial charge is 0.255 e. The number of amides is 1. The molecule has 4 aromatic rings. The van der Waals surface area contributed by atoms with E-state index in [0.29, 0.717) is 22.5 Å². The maximum atomic E-state index is 12.8. The van der Waals surface area contributed by atoms with Gasteiger partial charge in [-0.25, -0.2) is 4.98 Å². The zero-order chi connectivity index (χ0) is 30.0. The van der Waals surface area contributed by atoms with Crippen LogP contribution in [0.1, 0.15) is 73.7 Å². The first-order valence-corrected chi connectivity index (χ1v) is 15.9. The molecular weight excluding hydrogens is 579 g/mol. The lowest BCUT2D eigenvalue weighted by Crippen LogP contribution is -2.43. The summed E-state index contributed by atoms with van der Waals surface area (Å²) in [6, 6.07) is 24.5. The van der Waals surface area contributed by atoms with Crippen molar-refractivity contribution in [3.05, 3.63) is 100 Å². The fourth-order valence-corrected chi connectivity index (χ4v) is 7.06. The first-order valence-electron chi connectivity index (χ1n) is 15.1. The second kappa shape index (κ2) is 12.6. The Hall–Kier alpha value is -3.54. The number of pyridine rings is 1. The molecule has 2 N–H and O–H groups in total. The van der Waals surface area contributed by atoms with Crippen LogP contribution in [0.4, 0.5) is 0 Å². The Morgan fingerprint density at radius 1 is 1.00 bits per heavy atom. The van der Waals surface area contributed by atoms with Crippen LogP contribution in [0.15, 0.2) is 78.9 Å². The molecule has 6 rings (SSSR count). The minimum absolute atomic E-state index is 0.0135. The third kappa shape index (κ3) is 6.39. The maximum Gasteiger partial charge on any atom is 0.255 e. The number of benzene rings is 3. The van der Waals surface area contributed by atoms with Gasteiger partial charge in [-0.2, -0.15) is 0 Å². The monoisotopic (exact) mass is 614 g/mol. The number of ether oxygens (including phenoxy) is 1. The molecule has 0 bridgehead atoms. The molecule has 1 aliphatic carbocycles. The van der Waals surface area contributed by atoms with E-state index in [4.69, 9.17) is 32.9 Å². The van der Waals surface area contributed by atoms with E-state index >= 15 is 0 Å². The molecule has 3 aromatic carbocycles. The SMILES string of the molecule is CC(CNC(=O)c1ccccc1O)CC1CC2(CCCCC2)Oc2nc(-c3ccccc3Cl)c(-c3ccc(Cl)cc3)cc21. The zero-order valence-corrected chi connectivity index (χ0v) is 25.8. The summed E-state index contributed by atoms with van der Waals surface area (Å²) >= 11 is 13.0. The number of hydrogen-bond donors (Lipinski definition) is 2. The molecule has 2 unspecified atom stereocenters. The van der Waals surface area contributed by atoms with Crippen molar-refractivity contribution in [3.8, 4) is 34.0 Å². The van der Waals surface area contributed by atoms with Crippen LogP contribution in [0.2, 0.25) is 10.0 Å². The highest BCUT2D eigenvalue weighted by Gasteiger charge is 2.43. The molecule has 1 aliphatic heterocycles. The van der Waals surface area contributed by atoms with Crippen molar-refractivity contribution in [2.24, 2.45) is 5.92 Å². The summed E-state index contributed by atoms with van der Waals surface area (Å²) in [5.74, 6) is 0.806. The van der Waals surface area contributed by atoms with E-state index in [9.17, 15) is 9.90 Å². The number of phenolic OH excluding ortho intramolecular Hbond substituents is 1. The molecule has 1 spiro atoms. The highest BCUT2D eigenvalue weighted by molar-refractivity contribution is 6.33. The number of carbonyl (C=O) groups is 1. The van der Waals surface area contributed by atoms with Crippen molar-refractivity contribution in [2.45, 2.75) is 63.4 Å². The average molecular weight is 616 g/mol. The van der Waals surface area contributed by atoms with Crippen LogP contribution in [0.25, 0.3) is 22.4 Å². The molecule has 0 radical (unpaired) electrons. The van der Waals surface area contributed by atoms with Crippen LogP contribution in [-0.2, 0) is 0 Å². The number of carbonyl (C=O) groups excluding carboxylic acids is 1. The molecule has 7 heteroatoms. The van der Waals surface area contributed by atoms with Gasteiger partial charge in [0.05, 0.1) is 11.3 Å². The van der Waals surface area contributed by atoms with Crippen molar-refractivity contribution in [1.82, 2.24) is 10.3 Å². The van der Waals surface area contributed by atoms with Crippen LogP contribution in [0.3, 0.4) is 0 Å². The van der Waals surface area contributed by atoms with Crippen LogP contribution >= 0.6 is 23.2 Å². The van der Waals surface area contributed by atoms with Crippen LogP contribution < -0.4 is 10.1 Å². The summed E-state index contributed by atoms with van der Waals surface area (Å²) in [6.45, 7) is 2.67. The summed E-state index contributed by atoms with van der Waals surface area (Å²) in [5, 5.41) is 14.5. The Morgan fingerprint density at radius 3 is 2.47 bits per heavy atom. The topological polar surface area (TPSA) is 71.5 Å². The normalized spacial score (nSPS) is 18.0. The maximum absolute atomic E-state index is 12.8. The lowest BCUT2D eigenvalue weighted by Gasteiger charge is -2.44. The molecule has 2 atom stereocenters. The summed E-state index contributed by atoms with van der Waals surface area (Å²) in [6.07, 6.45) is 7.35. The number of fused-ring (bicyclic) bond motifs is 1. The summed E-state index contributed by atoms with van der Waals surface area (Å²) < 4.78 is 6.88. The van der Waals surface area contributed by atoms with Crippen molar-refractivity contribution in [2.75, 3.05) is 6.54 Å². The number of rotatable bonds is 7. The van der Waals surface area contributed by atoms with Crippen LogP contribution in [0, 0.1) is 5.92 Å². The van der Waals surface area contributed by atoms with Gasteiger partial charge in [-0.1, -0.05) is 79.0 Å². The fraction of sp³-hybridized carbons (Fsp3) is 0.333. The number of para-hydroxylation sites is 1. The van der Waals surface area contributed by atoms with E-state index in [1.165, 1.54) is 12.5 Å². The Kier molecular flexibility index (Phi) is 8.65. The second-order valence-corrected chi connectivity index (χ2v) is 12.9. The molecule has 2 aliphatic rings. The predicted octanol–water partition coefficient (Wildman–Crippen LogP) is 9.45.